The van der Waals surface area contributed by atoms with E-state index in [1.54, 1.807) is 0 Å². The molecule has 0 aromatic rings. The van der Waals surface area contributed by atoms with Gasteiger partial charge < -0.3 is 14.9 Å². The molecule has 1 aliphatic heterocycles. The molecule has 0 unspecified atom stereocenters. The Labute approximate surface area is 161 Å². The Balaban J connectivity index is 1.94. The second-order valence-corrected chi connectivity index (χ2v) is 13.6. The van der Waals surface area contributed by atoms with E-state index in [1.165, 1.54) is 0 Å². The molecule has 1 rings (SSSR count). The van der Waals surface area contributed by atoms with E-state index in [2.05, 4.69) is 25.0 Å². The molecule has 0 atom stereocenters. The van der Waals surface area contributed by atoms with Crippen LogP contribution in [0.3, 0.4) is 0 Å². The quantitative estimate of drug-likeness (QED) is 0.307. The van der Waals surface area contributed by atoms with Crippen LogP contribution in [0.4, 0.5) is 4.79 Å². The lowest BCUT2D eigenvalue weighted by molar-refractivity contribution is -0.197. The van der Waals surface area contributed by atoms with E-state index in [9.17, 15) is 19.2 Å². The van der Waals surface area contributed by atoms with Crippen molar-refractivity contribution in [1.29, 1.82) is 0 Å². The Morgan fingerprint density at radius 3 is 2.22 bits per heavy atom. The molecule has 9 heteroatoms. The first-order valence-corrected chi connectivity index (χ1v) is 13.4. The first-order chi connectivity index (χ1) is 12.7. The van der Waals surface area contributed by atoms with Crippen LogP contribution >= 0.6 is 0 Å². The fourth-order valence-electron chi connectivity index (χ4n) is 2.42. The van der Waals surface area contributed by atoms with E-state index in [1.807, 2.05) is 0 Å². The number of hydrogen-bond donors (Lipinski definition) is 1. The first-order valence-electron chi connectivity index (χ1n) is 9.66. The number of hydrogen-bond acceptors (Lipinski definition) is 6. The molecular weight excluding hydrogens is 368 g/mol. The Kier molecular flexibility index (Phi) is 10.1. The van der Waals surface area contributed by atoms with Gasteiger partial charge in [-0.1, -0.05) is 38.9 Å². The van der Waals surface area contributed by atoms with Crippen molar-refractivity contribution in [1.82, 2.24) is 10.4 Å². The predicted molar refractivity (Wildman–Crippen MR) is 102 cm³/mol. The van der Waals surface area contributed by atoms with E-state index < -0.39 is 25.9 Å². The van der Waals surface area contributed by atoms with Crippen molar-refractivity contribution in [2.75, 3.05) is 13.2 Å². The van der Waals surface area contributed by atoms with Crippen LogP contribution in [-0.2, 0) is 24.0 Å². The maximum absolute atomic E-state index is 11.6. The zero-order valence-corrected chi connectivity index (χ0v) is 17.7. The number of rotatable bonds is 12. The highest BCUT2D eigenvalue weighted by Crippen LogP contribution is 2.14. The molecule has 0 aliphatic carbocycles. The molecule has 3 amide bonds. The van der Waals surface area contributed by atoms with E-state index in [0.717, 1.165) is 31.7 Å². The standard InChI is InChI=1S/C18H32N2O6Si/c1-27(2,3)14-13-25-18(24)19-12-8-6-4-5-7-9-17(23)26-20-15(21)10-11-16(20)22/h4-14H2,1-3H3,(H,19,24). The second-order valence-electron chi connectivity index (χ2n) is 7.94. The highest BCUT2D eigenvalue weighted by atomic mass is 28.3. The lowest BCUT2D eigenvalue weighted by Crippen LogP contribution is -2.31. The molecule has 0 radical (unpaired) electrons. The van der Waals surface area contributed by atoms with Crippen LogP contribution in [0.2, 0.25) is 25.7 Å². The summed E-state index contributed by atoms with van der Waals surface area (Å²) in [4.78, 5) is 50.6. The minimum absolute atomic E-state index is 0.103. The number of nitrogens with one attached hydrogen (secondary N) is 1. The smallest absolute Gasteiger partial charge is 0.407 e. The van der Waals surface area contributed by atoms with Gasteiger partial charge in [0.05, 0.1) is 6.61 Å². The molecule has 1 fully saturated rings. The summed E-state index contributed by atoms with van der Waals surface area (Å²) < 4.78 is 5.14. The molecule has 1 saturated heterocycles. The normalized spacial score (nSPS) is 14.4. The maximum Gasteiger partial charge on any atom is 0.407 e. The number of unbranched alkanes of at least 4 members (excludes halogenated alkanes) is 4. The zero-order chi connectivity index (χ0) is 20.3. The highest BCUT2D eigenvalue weighted by molar-refractivity contribution is 6.76. The van der Waals surface area contributed by atoms with Crippen molar-refractivity contribution >= 4 is 32.0 Å². The minimum Gasteiger partial charge on any atom is -0.450 e. The molecular formula is C18H32N2O6Si. The molecule has 1 N–H and O–H groups in total. The summed E-state index contributed by atoms with van der Waals surface area (Å²) in [5.74, 6) is -1.47. The van der Waals surface area contributed by atoms with Crippen LogP contribution in [-0.4, -0.2) is 50.2 Å². The molecule has 27 heavy (non-hydrogen) atoms. The summed E-state index contributed by atoms with van der Waals surface area (Å²) in [6.45, 7) is 7.76. The number of carbonyl (C=O) groups excluding carboxylic acids is 4. The van der Waals surface area contributed by atoms with Crippen LogP contribution in [0.5, 0.6) is 0 Å². The molecule has 1 aliphatic rings. The number of alkyl carbamates (subject to hydrolysis) is 1. The molecule has 8 nitrogen and oxygen atoms in total. The van der Waals surface area contributed by atoms with Gasteiger partial charge in [0.2, 0.25) is 0 Å². The number of amides is 3. The van der Waals surface area contributed by atoms with Crippen LogP contribution in [0.15, 0.2) is 0 Å². The van der Waals surface area contributed by atoms with Gasteiger partial charge in [0.15, 0.2) is 0 Å². The third kappa shape index (κ3) is 10.7. The monoisotopic (exact) mass is 400 g/mol. The lowest BCUT2D eigenvalue weighted by Gasteiger charge is -2.15. The van der Waals surface area contributed by atoms with Crippen molar-refractivity contribution in [2.24, 2.45) is 0 Å². The summed E-state index contributed by atoms with van der Waals surface area (Å²) >= 11 is 0. The van der Waals surface area contributed by atoms with Gasteiger partial charge in [-0.15, -0.1) is 5.06 Å². The van der Waals surface area contributed by atoms with E-state index >= 15 is 0 Å². The van der Waals surface area contributed by atoms with Crippen molar-refractivity contribution in [3.8, 4) is 0 Å². The molecule has 0 spiro atoms. The van der Waals surface area contributed by atoms with Gasteiger partial charge in [-0.05, 0) is 18.9 Å². The fourth-order valence-corrected chi connectivity index (χ4v) is 3.14. The minimum atomic E-state index is -1.18. The Morgan fingerprint density at radius 1 is 1.00 bits per heavy atom. The van der Waals surface area contributed by atoms with Crippen LogP contribution in [0.25, 0.3) is 0 Å². The van der Waals surface area contributed by atoms with E-state index in [0.29, 0.717) is 24.6 Å². The molecule has 154 valence electrons. The molecule has 0 aromatic carbocycles. The highest BCUT2D eigenvalue weighted by Gasteiger charge is 2.32. The van der Waals surface area contributed by atoms with Crippen molar-refractivity contribution in [3.63, 3.8) is 0 Å². The number of nitrogens with zero attached hydrogens (tertiary/aromatic N) is 1. The molecule has 0 saturated carbocycles. The van der Waals surface area contributed by atoms with Gasteiger partial charge in [-0.3, -0.25) is 9.59 Å². The van der Waals surface area contributed by atoms with Crippen LogP contribution in [0.1, 0.15) is 51.4 Å². The Morgan fingerprint density at radius 2 is 1.59 bits per heavy atom. The summed E-state index contributed by atoms with van der Waals surface area (Å²) in [5.41, 5.74) is 0. The Bertz CT molecular complexity index is 516. The average molecular weight is 401 g/mol. The summed E-state index contributed by atoms with van der Waals surface area (Å²) in [5, 5.41) is 3.32. The van der Waals surface area contributed by atoms with Crippen molar-refractivity contribution in [2.45, 2.75) is 77.1 Å². The van der Waals surface area contributed by atoms with E-state index in [-0.39, 0.29) is 25.4 Å². The van der Waals surface area contributed by atoms with Gasteiger partial charge in [-0.2, -0.15) is 0 Å². The topological polar surface area (TPSA) is 102 Å². The summed E-state index contributed by atoms with van der Waals surface area (Å²) in [6.07, 6.45) is 4.23. The SMILES string of the molecule is C[Si](C)(C)CCOC(=O)NCCCCCCCC(=O)ON1C(=O)CCC1=O. The maximum atomic E-state index is 11.6. The Hall–Kier alpha value is -1.90. The summed E-state index contributed by atoms with van der Waals surface area (Å²) in [7, 11) is -1.18. The van der Waals surface area contributed by atoms with Crippen LogP contribution in [0, 0.1) is 0 Å². The van der Waals surface area contributed by atoms with Gasteiger partial charge in [0, 0.05) is 33.9 Å². The molecule has 0 bridgehead atoms. The predicted octanol–water partition coefficient (Wildman–Crippen LogP) is 3.00. The average Bonchev–Trinajstić information content (AvgIpc) is 2.88. The second kappa shape index (κ2) is 11.7. The number of imide groups is 1. The van der Waals surface area contributed by atoms with Gasteiger partial charge in [0.25, 0.3) is 11.8 Å². The van der Waals surface area contributed by atoms with Gasteiger partial charge in [0.1, 0.15) is 0 Å². The van der Waals surface area contributed by atoms with Gasteiger partial charge >= 0.3 is 12.1 Å². The summed E-state index contributed by atoms with van der Waals surface area (Å²) in [6, 6.07) is 0.961. The van der Waals surface area contributed by atoms with Gasteiger partial charge in [-0.25, -0.2) is 9.59 Å². The lowest BCUT2D eigenvalue weighted by atomic mass is 10.1. The molecule has 0 aromatic heterocycles. The van der Waals surface area contributed by atoms with Crippen molar-refractivity contribution < 1.29 is 28.8 Å². The molecule has 1 heterocycles. The first kappa shape index (κ1) is 23.1. The van der Waals surface area contributed by atoms with E-state index in [4.69, 9.17) is 9.57 Å². The van der Waals surface area contributed by atoms with Crippen molar-refractivity contribution in [3.05, 3.63) is 0 Å². The fraction of sp³-hybridized carbons (Fsp3) is 0.778. The van der Waals surface area contributed by atoms with Crippen LogP contribution < -0.4 is 5.32 Å². The zero-order valence-electron chi connectivity index (χ0n) is 16.7. The number of hydroxylamine groups is 2. The largest absolute Gasteiger partial charge is 0.450 e. The number of ether oxygens (including phenoxy) is 1. The number of carbonyl (C=O) groups is 4. The third-order valence-corrected chi connectivity index (χ3v) is 5.82. The third-order valence-electron chi connectivity index (χ3n) is 4.11.